The van der Waals surface area contributed by atoms with E-state index >= 15 is 0 Å². The summed E-state index contributed by atoms with van der Waals surface area (Å²) in [5.41, 5.74) is 2.09. The van der Waals surface area contributed by atoms with E-state index in [0.717, 1.165) is 15.7 Å². The summed E-state index contributed by atoms with van der Waals surface area (Å²) in [6.07, 6.45) is 0. The number of anilines is 1. The Kier molecular flexibility index (Phi) is 4.56. The highest BCUT2D eigenvalue weighted by Gasteiger charge is 2.04. The monoisotopic (exact) mass is 382 g/mol. The zero-order valence-electron chi connectivity index (χ0n) is 9.75. The molecule has 0 aliphatic carbocycles. The standard InChI is InChI=1S/C14H9Br2FN2/c15-11-3-2-10(7-18)14(6-11)19-8-9-1-4-12(16)13(17)5-9/h1-6,19H,8H2. The lowest BCUT2D eigenvalue weighted by Crippen LogP contribution is -2.01. The third-order valence-electron chi connectivity index (χ3n) is 2.57. The van der Waals surface area contributed by atoms with Crippen molar-refractivity contribution in [3.05, 3.63) is 62.3 Å². The molecule has 2 aromatic carbocycles. The van der Waals surface area contributed by atoms with Crippen molar-refractivity contribution in [1.29, 1.82) is 5.26 Å². The van der Waals surface area contributed by atoms with Gasteiger partial charge in [0.15, 0.2) is 0 Å². The number of hydrogen-bond acceptors (Lipinski definition) is 2. The van der Waals surface area contributed by atoms with Crippen molar-refractivity contribution in [1.82, 2.24) is 0 Å². The van der Waals surface area contributed by atoms with Gasteiger partial charge in [-0.05, 0) is 51.8 Å². The molecule has 96 valence electrons. The number of rotatable bonds is 3. The van der Waals surface area contributed by atoms with Gasteiger partial charge in [0, 0.05) is 11.0 Å². The first kappa shape index (κ1) is 14.0. The van der Waals surface area contributed by atoms with Crippen molar-refractivity contribution in [3.8, 4) is 6.07 Å². The summed E-state index contributed by atoms with van der Waals surface area (Å²) in [5, 5.41) is 12.1. The average molecular weight is 384 g/mol. The van der Waals surface area contributed by atoms with E-state index in [1.54, 1.807) is 12.1 Å². The van der Waals surface area contributed by atoms with Crippen LogP contribution in [0.1, 0.15) is 11.1 Å². The number of nitrogens with one attached hydrogen (secondary N) is 1. The summed E-state index contributed by atoms with van der Waals surface area (Å²) in [4.78, 5) is 0. The molecule has 0 bridgehead atoms. The molecule has 0 unspecified atom stereocenters. The van der Waals surface area contributed by atoms with Crippen LogP contribution in [0.15, 0.2) is 45.3 Å². The summed E-state index contributed by atoms with van der Waals surface area (Å²) in [6.45, 7) is 0.454. The highest BCUT2D eigenvalue weighted by Crippen LogP contribution is 2.22. The third kappa shape index (κ3) is 3.55. The maximum absolute atomic E-state index is 13.4. The Balaban J connectivity index is 2.16. The van der Waals surface area contributed by atoms with Gasteiger partial charge in [-0.2, -0.15) is 5.26 Å². The maximum Gasteiger partial charge on any atom is 0.137 e. The van der Waals surface area contributed by atoms with E-state index in [9.17, 15) is 4.39 Å². The Hall–Kier alpha value is -1.38. The van der Waals surface area contributed by atoms with Gasteiger partial charge in [0.25, 0.3) is 0 Å². The van der Waals surface area contributed by atoms with Crippen LogP contribution in [0, 0.1) is 17.1 Å². The quantitative estimate of drug-likeness (QED) is 0.823. The van der Waals surface area contributed by atoms with Crippen LogP contribution in [0.4, 0.5) is 10.1 Å². The van der Waals surface area contributed by atoms with E-state index in [4.69, 9.17) is 5.26 Å². The lowest BCUT2D eigenvalue weighted by Gasteiger charge is -2.09. The molecule has 5 heteroatoms. The lowest BCUT2D eigenvalue weighted by molar-refractivity contribution is 0.619. The molecule has 0 aliphatic heterocycles. The molecule has 0 amide bonds. The summed E-state index contributed by atoms with van der Waals surface area (Å²) in [6, 6.07) is 12.4. The largest absolute Gasteiger partial charge is 0.380 e. The van der Waals surface area contributed by atoms with E-state index in [0.29, 0.717) is 16.6 Å². The Labute approximate surface area is 127 Å². The molecule has 0 saturated heterocycles. The maximum atomic E-state index is 13.4. The Morgan fingerprint density at radius 2 is 1.95 bits per heavy atom. The molecule has 2 aromatic rings. The molecule has 0 saturated carbocycles. The average Bonchev–Trinajstić information content (AvgIpc) is 2.40. The fraction of sp³-hybridized carbons (Fsp3) is 0.0714. The van der Waals surface area contributed by atoms with Crippen molar-refractivity contribution in [2.45, 2.75) is 6.54 Å². The van der Waals surface area contributed by atoms with Crippen LogP contribution in [-0.4, -0.2) is 0 Å². The van der Waals surface area contributed by atoms with Gasteiger partial charge in [0.2, 0.25) is 0 Å². The molecule has 0 aliphatic rings. The number of nitrogens with zero attached hydrogens (tertiary/aromatic N) is 1. The van der Waals surface area contributed by atoms with Crippen LogP contribution < -0.4 is 5.32 Å². The van der Waals surface area contributed by atoms with Crippen LogP contribution in [-0.2, 0) is 6.54 Å². The number of hydrogen-bond donors (Lipinski definition) is 1. The van der Waals surface area contributed by atoms with E-state index in [1.165, 1.54) is 6.07 Å². The van der Waals surface area contributed by atoms with Gasteiger partial charge < -0.3 is 5.32 Å². The van der Waals surface area contributed by atoms with Crippen molar-refractivity contribution >= 4 is 37.5 Å². The van der Waals surface area contributed by atoms with Crippen LogP contribution in [0.25, 0.3) is 0 Å². The summed E-state index contributed by atoms with van der Waals surface area (Å²) in [5.74, 6) is -0.297. The predicted octanol–water partition coefficient (Wildman–Crippen LogP) is 4.83. The Bertz CT molecular complexity index is 650. The fourth-order valence-corrected chi connectivity index (χ4v) is 2.21. The van der Waals surface area contributed by atoms with E-state index in [1.807, 2.05) is 18.2 Å². The van der Waals surface area contributed by atoms with Crippen LogP contribution >= 0.6 is 31.9 Å². The van der Waals surface area contributed by atoms with Crippen LogP contribution in [0.3, 0.4) is 0 Å². The van der Waals surface area contributed by atoms with Gasteiger partial charge in [-0.1, -0.05) is 22.0 Å². The predicted molar refractivity (Wildman–Crippen MR) is 80.3 cm³/mol. The second-order valence-corrected chi connectivity index (χ2v) is 5.67. The fourth-order valence-electron chi connectivity index (χ4n) is 1.61. The number of nitriles is 1. The summed E-state index contributed by atoms with van der Waals surface area (Å²) in [7, 11) is 0. The first-order valence-corrected chi connectivity index (χ1v) is 7.06. The van der Waals surface area contributed by atoms with E-state index in [2.05, 4.69) is 43.2 Å². The zero-order chi connectivity index (χ0) is 13.8. The third-order valence-corrected chi connectivity index (χ3v) is 3.71. The topological polar surface area (TPSA) is 35.8 Å². The molecule has 19 heavy (non-hydrogen) atoms. The van der Waals surface area contributed by atoms with Crippen LogP contribution in [0.2, 0.25) is 0 Å². The molecule has 0 atom stereocenters. The van der Waals surface area contributed by atoms with Crippen molar-refractivity contribution in [2.75, 3.05) is 5.32 Å². The zero-order valence-corrected chi connectivity index (χ0v) is 12.9. The molecule has 1 N–H and O–H groups in total. The molecule has 0 spiro atoms. The van der Waals surface area contributed by atoms with Gasteiger partial charge in [-0.3, -0.25) is 0 Å². The summed E-state index contributed by atoms with van der Waals surface area (Å²) >= 11 is 6.47. The minimum atomic E-state index is -0.297. The van der Waals surface area contributed by atoms with Gasteiger partial charge in [0.05, 0.1) is 15.7 Å². The molecule has 0 radical (unpaired) electrons. The summed E-state index contributed by atoms with van der Waals surface area (Å²) < 4.78 is 14.7. The molecule has 0 fully saturated rings. The second-order valence-electron chi connectivity index (χ2n) is 3.90. The minimum Gasteiger partial charge on any atom is -0.380 e. The van der Waals surface area contributed by atoms with Crippen molar-refractivity contribution < 1.29 is 4.39 Å². The number of benzene rings is 2. The van der Waals surface area contributed by atoms with Gasteiger partial charge >= 0.3 is 0 Å². The molecular weight excluding hydrogens is 375 g/mol. The second kappa shape index (κ2) is 6.18. The first-order chi connectivity index (χ1) is 9.10. The van der Waals surface area contributed by atoms with Gasteiger partial charge in [-0.15, -0.1) is 0 Å². The molecule has 0 aromatic heterocycles. The molecule has 0 heterocycles. The van der Waals surface area contributed by atoms with Gasteiger partial charge in [0.1, 0.15) is 11.9 Å². The Morgan fingerprint density at radius 1 is 1.16 bits per heavy atom. The van der Waals surface area contributed by atoms with E-state index < -0.39 is 0 Å². The smallest absolute Gasteiger partial charge is 0.137 e. The highest BCUT2D eigenvalue weighted by molar-refractivity contribution is 9.10. The lowest BCUT2D eigenvalue weighted by atomic mass is 10.1. The molecular formula is C14H9Br2FN2. The SMILES string of the molecule is N#Cc1ccc(Br)cc1NCc1ccc(Br)c(F)c1. The number of halogens is 3. The Morgan fingerprint density at radius 3 is 2.63 bits per heavy atom. The highest BCUT2D eigenvalue weighted by atomic mass is 79.9. The molecule has 2 nitrogen and oxygen atoms in total. The van der Waals surface area contributed by atoms with E-state index in [-0.39, 0.29) is 5.82 Å². The molecule has 2 rings (SSSR count). The van der Waals surface area contributed by atoms with Crippen LogP contribution in [0.5, 0.6) is 0 Å². The van der Waals surface area contributed by atoms with Crippen molar-refractivity contribution in [3.63, 3.8) is 0 Å². The normalized spacial score (nSPS) is 10.0. The first-order valence-electron chi connectivity index (χ1n) is 5.47. The van der Waals surface area contributed by atoms with Gasteiger partial charge in [-0.25, -0.2) is 4.39 Å². The minimum absolute atomic E-state index is 0.297. The van der Waals surface area contributed by atoms with Crippen molar-refractivity contribution in [2.24, 2.45) is 0 Å².